The van der Waals surface area contributed by atoms with Gasteiger partial charge in [0.15, 0.2) is 0 Å². The van der Waals surface area contributed by atoms with E-state index in [4.69, 9.17) is 4.74 Å². The first-order chi connectivity index (χ1) is 13.1. The van der Waals surface area contributed by atoms with Crippen molar-refractivity contribution < 1.29 is 9.53 Å². The molecule has 3 rings (SSSR count). The third-order valence-electron chi connectivity index (χ3n) is 4.92. The molecule has 0 radical (unpaired) electrons. The average Bonchev–Trinajstić information content (AvgIpc) is 3.15. The lowest BCUT2D eigenvalue weighted by Crippen LogP contribution is -2.42. The van der Waals surface area contributed by atoms with Crippen LogP contribution in [0.4, 0.5) is 4.79 Å². The minimum atomic E-state index is -0.192. The number of hydrogen-bond donors (Lipinski definition) is 2. The Kier molecular flexibility index (Phi) is 6.68. The summed E-state index contributed by atoms with van der Waals surface area (Å²) in [5, 5.41) is 5.82. The highest BCUT2D eigenvalue weighted by molar-refractivity contribution is 5.74. The predicted octanol–water partition coefficient (Wildman–Crippen LogP) is 3.12. The van der Waals surface area contributed by atoms with Gasteiger partial charge in [-0.15, -0.1) is 0 Å². The van der Waals surface area contributed by atoms with Gasteiger partial charge in [-0.05, 0) is 50.2 Å². The van der Waals surface area contributed by atoms with Gasteiger partial charge in [-0.25, -0.2) is 14.8 Å². The molecule has 7 heteroatoms. The van der Waals surface area contributed by atoms with Crippen LogP contribution in [0.15, 0.2) is 37.1 Å². The molecule has 1 aliphatic rings. The Labute approximate surface area is 160 Å². The number of pyridine rings is 1. The van der Waals surface area contributed by atoms with Crippen LogP contribution in [0.2, 0.25) is 0 Å². The van der Waals surface area contributed by atoms with Crippen molar-refractivity contribution in [3.63, 3.8) is 0 Å². The van der Waals surface area contributed by atoms with Crippen LogP contribution in [0, 0.1) is 5.92 Å². The minimum absolute atomic E-state index is 0.00391. The molecule has 2 N–H and O–H groups in total. The van der Waals surface area contributed by atoms with Gasteiger partial charge in [0, 0.05) is 43.8 Å². The predicted molar refractivity (Wildman–Crippen MR) is 103 cm³/mol. The van der Waals surface area contributed by atoms with Gasteiger partial charge >= 0.3 is 6.03 Å². The summed E-state index contributed by atoms with van der Waals surface area (Å²) in [5.41, 5.74) is 0.974. The Balaban J connectivity index is 1.43. The number of carbonyl (C=O) groups is 1. The second-order valence-corrected chi connectivity index (χ2v) is 7.49. The first-order valence-corrected chi connectivity index (χ1v) is 9.70. The van der Waals surface area contributed by atoms with E-state index in [9.17, 15) is 4.79 Å². The molecule has 0 unspecified atom stereocenters. The lowest BCUT2D eigenvalue weighted by Gasteiger charge is -2.26. The molecule has 2 aromatic rings. The number of carbonyl (C=O) groups excluding carboxylic acids is 1. The molecule has 1 aliphatic carbocycles. The summed E-state index contributed by atoms with van der Waals surface area (Å²) in [6.45, 7) is 5.37. The van der Waals surface area contributed by atoms with Gasteiger partial charge in [-0.2, -0.15) is 0 Å². The number of nitrogens with zero attached hydrogens (tertiary/aromatic N) is 3. The number of imidazole rings is 1. The summed E-state index contributed by atoms with van der Waals surface area (Å²) in [6.07, 6.45) is 11.9. The Bertz CT molecular complexity index is 711. The number of amides is 2. The molecule has 2 aromatic heterocycles. The molecule has 7 nitrogen and oxygen atoms in total. The van der Waals surface area contributed by atoms with Crippen molar-refractivity contribution in [1.82, 2.24) is 25.2 Å². The number of hydrogen-bond acceptors (Lipinski definition) is 4. The van der Waals surface area contributed by atoms with Crippen LogP contribution >= 0.6 is 0 Å². The summed E-state index contributed by atoms with van der Waals surface area (Å²) in [7, 11) is 0. The number of aromatic nitrogens is 3. The highest BCUT2D eigenvalue weighted by atomic mass is 16.5. The maximum atomic E-state index is 12.1. The maximum Gasteiger partial charge on any atom is 0.315 e. The molecule has 0 saturated heterocycles. The molecule has 1 fully saturated rings. The van der Waals surface area contributed by atoms with Gasteiger partial charge in [0.1, 0.15) is 6.10 Å². The van der Waals surface area contributed by atoms with Gasteiger partial charge in [-0.1, -0.05) is 6.92 Å². The third kappa shape index (κ3) is 6.27. The van der Waals surface area contributed by atoms with Gasteiger partial charge in [0.2, 0.25) is 5.88 Å². The monoisotopic (exact) mass is 371 g/mol. The fourth-order valence-electron chi connectivity index (χ4n) is 3.36. The zero-order valence-electron chi connectivity index (χ0n) is 16.1. The van der Waals surface area contributed by atoms with Crippen LogP contribution in [0.3, 0.4) is 0 Å². The molecular formula is C20H29N5O2. The van der Waals surface area contributed by atoms with Crippen LogP contribution in [0.1, 0.15) is 45.1 Å². The molecule has 2 amide bonds. The van der Waals surface area contributed by atoms with E-state index in [0.717, 1.165) is 24.3 Å². The van der Waals surface area contributed by atoms with Gasteiger partial charge in [0.05, 0.1) is 6.33 Å². The highest BCUT2D eigenvalue weighted by Crippen LogP contribution is 2.26. The molecule has 0 aromatic carbocycles. The van der Waals surface area contributed by atoms with Crippen molar-refractivity contribution in [3.8, 4) is 5.88 Å². The molecule has 1 atom stereocenters. The molecule has 27 heavy (non-hydrogen) atoms. The zero-order chi connectivity index (χ0) is 19.1. The van der Waals surface area contributed by atoms with E-state index >= 15 is 0 Å². The topological polar surface area (TPSA) is 81.1 Å². The van der Waals surface area contributed by atoms with Crippen molar-refractivity contribution in [2.45, 2.75) is 64.8 Å². The lowest BCUT2D eigenvalue weighted by atomic mass is 9.89. The molecule has 0 spiro atoms. The van der Waals surface area contributed by atoms with E-state index in [2.05, 4.69) is 27.5 Å². The average molecular weight is 371 g/mol. The first-order valence-electron chi connectivity index (χ1n) is 9.70. The van der Waals surface area contributed by atoms with Crippen LogP contribution < -0.4 is 15.4 Å². The van der Waals surface area contributed by atoms with E-state index in [0.29, 0.717) is 19.0 Å². The van der Waals surface area contributed by atoms with E-state index in [1.54, 1.807) is 18.7 Å². The molecule has 1 saturated carbocycles. The van der Waals surface area contributed by atoms with Gasteiger partial charge < -0.3 is 19.9 Å². The summed E-state index contributed by atoms with van der Waals surface area (Å²) < 4.78 is 7.96. The largest absolute Gasteiger partial charge is 0.474 e. The summed E-state index contributed by atoms with van der Waals surface area (Å²) in [6, 6.07) is 3.62. The van der Waals surface area contributed by atoms with E-state index in [-0.39, 0.29) is 18.2 Å². The first kappa shape index (κ1) is 19.2. The van der Waals surface area contributed by atoms with Crippen molar-refractivity contribution >= 4 is 6.03 Å². The summed E-state index contributed by atoms with van der Waals surface area (Å²) in [4.78, 5) is 20.4. The normalized spacial score (nSPS) is 20.7. The Morgan fingerprint density at radius 1 is 1.33 bits per heavy atom. The molecule has 0 bridgehead atoms. The maximum absolute atomic E-state index is 12.1. The van der Waals surface area contributed by atoms with Crippen molar-refractivity contribution in [2.24, 2.45) is 5.92 Å². The van der Waals surface area contributed by atoms with Crippen LogP contribution in [-0.4, -0.2) is 32.7 Å². The quantitative estimate of drug-likeness (QED) is 0.783. The number of rotatable bonds is 7. The van der Waals surface area contributed by atoms with Crippen molar-refractivity contribution in [2.75, 3.05) is 0 Å². The summed E-state index contributed by atoms with van der Waals surface area (Å²) >= 11 is 0. The fraction of sp³-hybridized carbons (Fsp3) is 0.550. The minimum Gasteiger partial charge on any atom is -0.474 e. The van der Waals surface area contributed by atoms with Crippen molar-refractivity contribution in [1.29, 1.82) is 0 Å². The molecule has 146 valence electrons. The molecular weight excluding hydrogens is 342 g/mol. The standard InChI is InChI=1S/C20H29N5O2/c1-15-3-5-18(6-4-15)27-19-11-17(7-8-22-19)12-23-20(26)24-16(2)13-25-10-9-21-14-25/h7-11,14-16,18H,3-6,12-13H2,1-2H3,(H2,23,24,26)/t15?,16-,18?/m1/s1. The van der Waals surface area contributed by atoms with E-state index in [1.807, 2.05) is 29.8 Å². The van der Waals surface area contributed by atoms with E-state index in [1.165, 1.54) is 12.8 Å². The van der Waals surface area contributed by atoms with Crippen LogP contribution in [0.25, 0.3) is 0 Å². The highest BCUT2D eigenvalue weighted by Gasteiger charge is 2.20. The Morgan fingerprint density at radius 3 is 2.89 bits per heavy atom. The number of nitrogens with one attached hydrogen (secondary N) is 2. The smallest absolute Gasteiger partial charge is 0.315 e. The molecule has 2 heterocycles. The lowest BCUT2D eigenvalue weighted by molar-refractivity contribution is 0.130. The number of urea groups is 1. The fourth-order valence-corrected chi connectivity index (χ4v) is 3.36. The number of ether oxygens (including phenoxy) is 1. The van der Waals surface area contributed by atoms with Gasteiger partial charge in [0.25, 0.3) is 0 Å². The SMILES string of the molecule is CC1CCC(Oc2cc(CNC(=O)N[C@H](C)Cn3ccnc3)ccn2)CC1. The zero-order valence-corrected chi connectivity index (χ0v) is 16.1. The molecule has 0 aliphatic heterocycles. The van der Waals surface area contributed by atoms with Crippen LogP contribution in [-0.2, 0) is 13.1 Å². The Hall–Kier alpha value is -2.57. The Morgan fingerprint density at radius 2 is 2.15 bits per heavy atom. The van der Waals surface area contributed by atoms with Crippen molar-refractivity contribution in [3.05, 3.63) is 42.6 Å². The second-order valence-electron chi connectivity index (χ2n) is 7.49. The van der Waals surface area contributed by atoms with Gasteiger partial charge in [-0.3, -0.25) is 0 Å². The van der Waals surface area contributed by atoms with Crippen LogP contribution in [0.5, 0.6) is 5.88 Å². The third-order valence-corrected chi connectivity index (χ3v) is 4.92. The second kappa shape index (κ2) is 9.39. The summed E-state index contributed by atoms with van der Waals surface area (Å²) in [5.74, 6) is 1.44. The van der Waals surface area contributed by atoms with E-state index < -0.39 is 0 Å².